The highest BCUT2D eigenvalue weighted by molar-refractivity contribution is 5.86. The maximum atomic E-state index is 12.0. The lowest BCUT2D eigenvalue weighted by Crippen LogP contribution is -2.55. The first-order valence-corrected chi connectivity index (χ1v) is 6.94. The third-order valence-corrected chi connectivity index (χ3v) is 3.76. The lowest BCUT2D eigenvalue weighted by Gasteiger charge is -2.31. The van der Waals surface area contributed by atoms with E-state index in [1.807, 2.05) is 0 Å². The number of rotatable bonds is 5. The van der Waals surface area contributed by atoms with Crippen molar-refractivity contribution in [1.29, 1.82) is 0 Å². The largest absolute Gasteiger partial charge is 0.354 e. The van der Waals surface area contributed by atoms with E-state index in [-0.39, 0.29) is 11.5 Å². The summed E-state index contributed by atoms with van der Waals surface area (Å²) in [6.07, 6.45) is 6.33. The average molecular weight is 266 g/mol. The molecule has 1 heterocycles. The topological polar surface area (TPSA) is 104 Å². The molecule has 5 N–H and O–H groups in total. The minimum Gasteiger partial charge on any atom is -0.354 e. The van der Waals surface area contributed by atoms with Gasteiger partial charge in [-0.15, -0.1) is 0 Å². The van der Waals surface area contributed by atoms with E-state index >= 15 is 0 Å². The first-order chi connectivity index (χ1) is 9.10. The molecule has 0 aliphatic heterocycles. The van der Waals surface area contributed by atoms with Crippen LogP contribution in [0.1, 0.15) is 44.2 Å². The smallest absolute Gasteiger partial charge is 0.264 e. The highest BCUT2D eigenvalue weighted by Gasteiger charge is 2.34. The maximum Gasteiger partial charge on any atom is 0.264 e. The Kier molecular flexibility index (Phi) is 4.42. The number of aromatic amines is 2. The molecule has 0 bridgehead atoms. The van der Waals surface area contributed by atoms with Crippen LogP contribution in [0.4, 0.5) is 0 Å². The van der Waals surface area contributed by atoms with E-state index in [9.17, 15) is 9.59 Å². The van der Waals surface area contributed by atoms with Gasteiger partial charge in [-0.3, -0.25) is 14.7 Å². The van der Waals surface area contributed by atoms with Gasteiger partial charge in [-0.1, -0.05) is 19.3 Å². The molecule has 106 valence electrons. The van der Waals surface area contributed by atoms with Crippen LogP contribution in [0.3, 0.4) is 0 Å². The van der Waals surface area contributed by atoms with E-state index in [1.54, 1.807) is 0 Å². The molecule has 0 saturated heterocycles. The Bertz CT molecular complexity index is 471. The standard InChI is InChI=1S/C13H22N4O2/c14-13(6-2-1-3-7-13)12(19)15-8-4-5-10-9-11(18)17-16-10/h9H,1-8,14H2,(H,15,19)(H2,16,17,18). The molecule has 6 heteroatoms. The first kappa shape index (κ1) is 13.9. The number of carbonyl (C=O) groups excluding carboxylic acids is 1. The summed E-state index contributed by atoms with van der Waals surface area (Å²) in [5.74, 6) is -0.0326. The van der Waals surface area contributed by atoms with E-state index in [0.717, 1.165) is 44.2 Å². The number of hydrogen-bond donors (Lipinski definition) is 4. The van der Waals surface area contributed by atoms with Crippen LogP contribution in [0.2, 0.25) is 0 Å². The molecule has 1 amide bonds. The predicted molar refractivity (Wildman–Crippen MR) is 72.7 cm³/mol. The minimum absolute atomic E-state index is 0.0326. The van der Waals surface area contributed by atoms with Gasteiger partial charge < -0.3 is 16.1 Å². The van der Waals surface area contributed by atoms with Gasteiger partial charge in [-0.25, -0.2) is 0 Å². The van der Waals surface area contributed by atoms with Gasteiger partial charge >= 0.3 is 0 Å². The number of amides is 1. The quantitative estimate of drug-likeness (QED) is 0.580. The summed E-state index contributed by atoms with van der Waals surface area (Å²) < 4.78 is 0. The monoisotopic (exact) mass is 266 g/mol. The summed E-state index contributed by atoms with van der Waals surface area (Å²) >= 11 is 0. The zero-order chi connectivity index (χ0) is 13.7. The van der Waals surface area contributed by atoms with Gasteiger partial charge in [0.05, 0.1) is 5.54 Å². The Hall–Kier alpha value is -1.56. The van der Waals surface area contributed by atoms with E-state index in [2.05, 4.69) is 15.5 Å². The second-order valence-electron chi connectivity index (χ2n) is 5.36. The Balaban J connectivity index is 1.70. The highest BCUT2D eigenvalue weighted by Crippen LogP contribution is 2.25. The van der Waals surface area contributed by atoms with Crippen molar-refractivity contribution in [2.75, 3.05) is 6.54 Å². The van der Waals surface area contributed by atoms with E-state index in [4.69, 9.17) is 5.73 Å². The van der Waals surface area contributed by atoms with Crippen molar-refractivity contribution in [3.63, 3.8) is 0 Å². The summed E-state index contributed by atoms with van der Waals surface area (Å²) in [7, 11) is 0. The summed E-state index contributed by atoms with van der Waals surface area (Å²) in [5, 5.41) is 8.18. The Morgan fingerprint density at radius 1 is 1.32 bits per heavy atom. The van der Waals surface area contributed by atoms with Crippen LogP contribution in [-0.2, 0) is 11.2 Å². The molecule has 1 fully saturated rings. The summed E-state index contributed by atoms with van der Waals surface area (Å²) in [5.41, 5.74) is 6.21. The second-order valence-corrected chi connectivity index (χ2v) is 5.36. The van der Waals surface area contributed by atoms with Crippen LogP contribution >= 0.6 is 0 Å². The highest BCUT2D eigenvalue weighted by atomic mass is 16.2. The van der Waals surface area contributed by atoms with Gasteiger partial charge in [0.15, 0.2) is 0 Å². The summed E-state index contributed by atoms with van der Waals surface area (Å²) in [6.45, 7) is 0.588. The molecular formula is C13H22N4O2. The molecule has 1 aromatic heterocycles. The van der Waals surface area contributed by atoms with Crippen molar-refractivity contribution in [3.8, 4) is 0 Å². The van der Waals surface area contributed by atoms with Crippen LogP contribution in [-0.4, -0.2) is 28.2 Å². The summed E-state index contributed by atoms with van der Waals surface area (Å²) in [6, 6.07) is 1.54. The number of aromatic nitrogens is 2. The molecule has 19 heavy (non-hydrogen) atoms. The molecule has 0 unspecified atom stereocenters. The van der Waals surface area contributed by atoms with Gasteiger partial charge in [-0.05, 0) is 25.7 Å². The molecule has 1 aliphatic carbocycles. The number of nitrogens with one attached hydrogen (secondary N) is 3. The first-order valence-electron chi connectivity index (χ1n) is 6.94. The zero-order valence-electron chi connectivity index (χ0n) is 11.1. The van der Waals surface area contributed by atoms with Crippen molar-refractivity contribution in [1.82, 2.24) is 15.5 Å². The number of carbonyl (C=O) groups is 1. The third kappa shape index (κ3) is 3.70. The second kappa shape index (κ2) is 6.06. The number of H-pyrrole nitrogens is 2. The number of nitrogens with two attached hydrogens (primary N) is 1. The van der Waals surface area contributed by atoms with Crippen molar-refractivity contribution < 1.29 is 4.79 Å². The number of hydrogen-bond acceptors (Lipinski definition) is 3. The summed E-state index contributed by atoms with van der Waals surface area (Å²) in [4.78, 5) is 22.9. The normalized spacial score (nSPS) is 18.2. The molecule has 0 spiro atoms. The Labute approximate surface area is 112 Å². The van der Waals surface area contributed by atoms with Gasteiger partial charge in [-0.2, -0.15) is 0 Å². The van der Waals surface area contributed by atoms with E-state index in [0.29, 0.717) is 6.54 Å². The van der Waals surface area contributed by atoms with Crippen molar-refractivity contribution in [2.24, 2.45) is 5.73 Å². The third-order valence-electron chi connectivity index (χ3n) is 3.76. The molecule has 1 aliphatic rings. The van der Waals surface area contributed by atoms with Crippen molar-refractivity contribution in [3.05, 3.63) is 22.1 Å². The van der Waals surface area contributed by atoms with Crippen LogP contribution in [0.5, 0.6) is 0 Å². The van der Waals surface area contributed by atoms with Crippen LogP contribution in [0.25, 0.3) is 0 Å². The van der Waals surface area contributed by atoms with E-state index in [1.165, 1.54) is 12.5 Å². The van der Waals surface area contributed by atoms with Crippen LogP contribution < -0.4 is 16.6 Å². The molecule has 1 aromatic rings. The SMILES string of the molecule is NC1(C(=O)NCCCc2cc(=O)[nH][nH]2)CCCCC1. The predicted octanol–water partition coefficient (Wildman–Crippen LogP) is 0.413. The molecule has 0 radical (unpaired) electrons. The average Bonchev–Trinajstić information content (AvgIpc) is 2.81. The Morgan fingerprint density at radius 2 is 2.05 bits per heavy atom. The Morgan fingerprint density at radius 3 is 2.68 bits per heavy atom. The van der Waals surface area contributed by atoms with Crippen molar-refractivity contribution in [2.45, 2.75) is 50.5 Å². The lowest BCUT2D eigenvalue weighted by molar-refractivity contribution is -0.127. The molecule has 2 rings (SSSR count). The molecule has 0 atom stereocenters. The van der Waals surface area contributed by atoms with Gasteiger partial charge in [0, 0.05) is 18.3 Å². The molecule has 0 aromatic carbocycles. The lowest BCUT2D eigenvalue weighted by atomic mass is 9.82. The number of aryl methyl sites for hydroxylation is 1. The van der Waals surface area contributed by atoms with Gasteiger partial charge in [0.1, 0.15) is 0 Å². The molecule has 1 saturated carbocycles. The fourth-order valence-corrected chi connectivity index (χ4v) is 2.57. The van der Waals surface area contributed by atoms with E-state index < -0.39 is 5.54 Å². The maximum absolute atomic E-state index is 12.0. The molecular weight excluding hydrogens is 244 g/mol. The van der Waals surface area contributed by atoms with Crippen molar-refractivity contribution >= 4 is 5.91 Å². The fraction of sp³-hybridized carbons (Fsp3) is 0.692. The zero-order valence-corrected chi connectivity index (χ0v) is 11.1. The van der Waals surface area contributed by atoms with Gasteiger partial charge in [0.2, 0.25) is 5.91 Å². The molecule has 6 nitrogen and oxygen atoms in total. The van der Waals surface area contributed by atoms with Gasteiger partial charge in [0.25, 0.3) is 5.56 Å². The fourth-order valence-electron chi connectivity index (χ4n) is 2.57. The minimum atomic E-state index is -0.666. The van der Waals surface area contributed by atoms with Crippen LogP contribution in [0, 0.1) is 0 Å². The van der Waals surface area contributed by atoms with Crippen LogP contribution in [0.15, 0.2) is 10.9 Å².